The van der Waals surface area contributed by atoms with Crippen LogP contribution in [0.4, 0.5) is 0 Å². The Hall–Kier alpha value is 0.197. The summed E-state index contributed by atoms with van der Waals surface area (Å²) in [7, 11) is 5.30. The van der Waals surface area contributed by atoms with Gasteiger partial charge >= 0.3 is 41.3 Å². The van der Waals surface area contributed by atoms with Crippen LogP contribution in [0.5, 0.6) is 5.75 Å². The van der Waals surface area contributed by atoms with Gasteiger partial charge in [-0.2, -0.15) is 8.42 Å². The summed E-state index contributed by atoms with van der Waals surface area (Å²) in [6.07, 6.45) is 9.60. The molecule has 2 aliphatic rings. The van der Waals surface area contributed by atoms with Gasteiger partial charge in [-0.3, -0.25) is 4.55 Å². The number of hydrogen-bond donors (Lipinski definition) is 7. The molecule has 0 aromatic heterocycles. The van der Waals surface area contributed by atoms with Gasteiger partial charge in [-0.25, -0.2) is 4.79 Å². The van der Waals surface area contributed by atoms with Crippen molar-refractivity contribution in [2.24, 2.45) is 22.9 Å². The predicted molar refractivity (Wildman–Crippen MR) is 125 cm³/mol. The number of halogens is 2. The van der Waals surface area contributed by atoms with Gasteiger partial charge in [0.15, 0.2) is 0 Å². The minimum absolute atomic E-state index is 0. The summed E-state index contributed by atoms with van der Waals surface area (Å²) in [5.74, 6) is -2.04. The molecular formula is C19H34Cl2N4O6Pt2S. The summed E-state index contributed by atoms with van der Waals surface area (Å²) in [4.78, 5) is 9.89. The molecule has 3 rings (SSSR count). The minimum atomic E-state index is -4.45. The molecule has 2 fully saturated rings. The molecule has 11 N–H and O–H groups in total. The third-order valence-corrected chi connectivity index (χ3v) is 6.10. The molecule has 0 amide bonds. The van der Waals surface area contributed by atoms with Gasteiger partial charge in [0.05, 0.1) is 4.90 Å². The number of nitrogens with two attached hydrogens (primary N) is 4. The maximum atomic E-state index is 10.6. The Kier molecular flexibility index (Phi) is 20.7. The molecule has 206 valence electrons. The summed E-state index contributed by atoms with van der Waals surface area (Å²) >= 11 is -0.472. The molecular weight excluding hydrogens is 873 g/mol. The molecule has 0 radical (unpaired) electrons. The van der Waals surface area contributed by atoms with E-state index in [1.807, 2.05) is 0 Å². The smallest absolute Gasteiger partial charge is 0 e. The summed E-state index contributed by atoms with van der Waals surface area (Å²) < 4.78 is 29.8. The van der Waals surface area contributed by atoms with Gasteiger partial charge in [-0.1, -0.05) is 25.7 Å². The Morgan fingerprint density at radius 2 is 1.21 bits per heavy atom. The van der Waals surface area contributed by atoms with Gasteiger partial charge in [0.1, 0.15) is 11.3 Å². The van der Waals surface area contributed by atoms with Crippen LogP contribution in [-0.4, -0.2) is 53.3 Å². The second-order valence-corrected chi connectivity index (χ2v) is 12.4. The summed E-state index contributed by atoms with van der Waals surface area (Å²) in [5.41, 5.74) is 22.0. The standard InChI is InChI=1S/C7H6O6S.2C6H14N2.2ClH.2Pt/c8-6-2-1-4(14(11,12)13)3-5(6)7(9)10;2*7-5-3-1-2-4-6(5)8;;;;/h1-3,8H,(H,9,10)(H,11,12,13);2*5-6H,1-4,7-8H2;2*1H;;/q;;;;;;+2/p-2/t;5-,6-;;;;;/m.1...../s1. The molecule has 4 atom stereocenters. The number of hydrogen-bond acceptors (Lipinski definition) is 8. The molecule has 2 saturated carbocycles. The van der Waals surface area contributed by atoms with Crippen LogP contribution in [0.25, 0.3) is 0 Å². The molecule has 1 aromatic carbocycles. The Morgan fingerprint density at radius 1 is 0.882 bits per heavy atom. The maximum Gasteiger partial charge on any atom is 0 e. The molecule has 10 nitrogen and oxygen atoms in total. The van der Waals surface area contributed by atoms with Crippen LogP contribution in [0, 0.1) is 0 Å². The number of benzene rings is 1. The van der Waals surface area contributed by atoms with Crippen molar-refractivity contribution in [3.8, 4) is 5.75 Å². The number of phenols is 1. The summed E-state index contributed by atoms with van der Waals surface area (Å²) in [5, 5.41) is 17.5. The molecule has 34 heavy (non-hydrogen) atoms. The van der Waals surface area contributed by atoms with Crippen molar-refractivity contribution in [2.75, 3.05) is 0 Å². The van der Waals surface area contributed by atoms with Gasteiger partial charge < -0.3 is 33.1 Å². The van der Waals surface area contributed by atoms with Crippen molar-refractivity contribution in [1.29, 1.82) is 0 Å². The Balaban J connectivity index is 0. The molecule has 0 aliphatic heterocycles. The van der Waals surface area contributed by atoms with Crippen LogP contribution in [-0.2, 0) is 47.7 Å². The van der Waals surface area contributed by atoms with Crippen molar-refractivity contribution in [3.05, 3.63) is 23.8 Å². The van der Waals surface area contributed by atoms with Crippen LogP contribution >= 0.6 is 18.8 Å². The van der Waals surface area contributed by atoms with Gasteiger partial charge in [0.25, 0.3) is 10.1 Å². The van der Waals surface area contributed by atoms with E-state index in [-0.39, 0.29) is 45.2 Å². The maximum absolute atomic E-state index is 10.6. The first-order valence-electron chi connectivity index (χ1n) is 10.2. The molecule has 0 bridgehead atoms. The fourth-order valence-corrected chi connectivity index (χ4v) is 3.73. The topological polar surface area (TPSA) is 216 Å². The van der Waals surface area contributed by atoms with Crippen LogP contribution < -0.4 is 22.9 Å². The fraction of sp³-hybridized carbons (Fsp3) is 0.632. The van der Waals surface area contributed by atoms with Crippen molar-refractivity contribution in [1.82, 2.24) is 0 Å². The number of rotatable bonds is 2. The monoisotopic (exact) mass is 906 g/mol. The first-order chi connectivity index (χ1) is 15.3. The Labute approximate surface area is 231 Å². The Morgan fingerprint density at radius 3 is 1.44 bits per heavy atom. The van der Waals surface area contributed by atoms with Crippen molar-refractivity contribution in [3.63, 3.8) is 0 Å². The number of carboxylic acids is 1. The molecule has 15 heteroatoms. The molecule has 2 unspecified atom stereocenters. The predicted octanol–water partition coefficient (Wildman–Crippen LogP) is 2.14. The molecule has 1 aromatic rings. The van der Waals surface area contributed by atoms with Gasteiger partial charge in [-0.15, -0.1) is 0 Å². The summed E-state index contributed by atoms with van der Waals surface area (Å²) in [6.45, 7) is 0. The average molecular weight is 908 g/mol. The van der Waals surface area contributed by atoms with Crippen LogP contribution in [0.2, 0.25) is 0 Å². The number of carbonyl (C=O) groups is 1. The van der Waals surface area contributed by atoms with Crippen molar-refractivity contribution < 1.29 is 65.5 Å². The molecule has 0 spiro atoms. The Bertz CT molecular complexity index is 786. The minimum Gasteiger partial charge on any atom is 0 e. The number of aromatic carboxylic acids is 1. The third kappa shape index (κ3) is 15.3. The zero-order valence-electron chi connectivity index (χ0n) is 18.4. The molecule has 0 saturated heterocycles. The van der Waals surface area contributed by atoms with E-state index >= 15 is 0 Å². The van der Waals surface area contributed by atoms with Crippen LogP contribution in [0.1, 0.15) is 61.7 Å². The van der Waals surface area contributed by atoms with E-state index in [1.54, 1.807) is 0 Å². The van der Waals surface area contributed by atoms with E-state index < -0.39 is 48.8 Å². The van der Waals surface area contributed by atoms with Gasteiger partial charge in [0, 0.05) is 45.2 Å². The average Bonchev–Trinajstić information content (AvgIpc) is 2.73. The molecule has 0 heterocycles. The van der Waals surface area contributed by atoms with Gasteiger partial charge in [-0.05, 0) is 43.9 Å². The SMILES string of the molecule is NC1CCCCC1N.N[C@@H]1CCCC[C@H]1N.O=C(O)c1cc(S(=O)(=O)O)ccc1O.[Cl][Pt][Cl].[Pt]. The second-order valence-electron chi connectivity index (χ2n) is 7.73. The van der Waals surface area contributed by atoms with Crippen LogP contribution in [0.15, 0.2) is 23.1 Å². The summed E-state index contributed by atoms with van der Waals surface area (Å²) in [6, 6.07) is 3.58. The van der Waals surface area contributed by atoms with E-state index in [0.717, 1.165) is 37.8 Å². The van der Waals surface area contributed by atoms with E-state index in [4.69, 9.17) is 56.5 Å². The largest absolute Gasteiger partial charge is 0 e. The zero-order valence-corrected chi connectivity index (χ0v) is 25.2. The normalized spacial score (nSPS) is 24.0. The van der Waals surface area contributed by atoms with Crippen molar-refractivity contribution in [2.45, 2.75) is 80.4 Å². The van der Waals surface area contributed by atoms with E-state index in [1.165, 1.54) is 25.7 Å². The second kappa shape index (κ2) is 19.3. The number of aromatic hydroxyl groups is 1. The van der Waals surface area contributed by atoms with E-state index in [0.29, 0.717) is 6.07 Å². The number of carboxylic acid groups (broad SMARTS) is 1. The molecule has 2 aliphatic carbocycles. The first kappa shape index (κ1) is 36.4. The first-order valence-corrected chi connectivity index (χ1v) is 17.3. The van der Waals surface area contributed by atoms with Crippen LogP contribution in [0.3, 0.4) is 0 Å². The van der Waals surface area contributed by atoms with Gasteiger partial charge in [0.2, 0.25) is 0 Å². The van der Waals surface area contributed by atoms with E-state index in [2.05, 4.69) is 0 Å². The quantitative estimate of drug-likeness (QED) is 0.215. The zero-order chi connectivity index (χ0) is 25.6. The van der Waals surface area contributed by atoms with E-state index in [9.17, 15) is 13.2 Å². The third-order valence-electron chi connectivity index (χ3n) is 5.25. The van der Waals surface area contributed by atoms with Crippen molar-refractivity contribution >= 4 is 34.9 Å². The fourth-order valence-electron chi connectivity index (χ4n) is 3.22.